The van der Waals surface area contributed by atoms with Gasteiger partial charge in [-0.05, 0) is 26.1 Å². The highest BCUT2D eigenvalue weighted by molar-refractivity contribution is 7.80. The van der Waals surface area contributed by atoms with E-state index in [1.165, 1.54) is 0 Å². The van der Waals surface area contributed by atoms with E-state index < -0.39 is 0 Å². The summed E-state index contributed by atoms with van der Waals surface area (Å²) < 4.78 is 0. The zero-order chi connectivity index (χ0) is 12.3. The van der Waals surface area contributed by atoms with Crippen LogP contribution in [0.2, 0.25) is 0 Å². The predicted molar refractivity (Wildman–Crippen MR) is 72.2 cm³/mol. The fraction of sp³-hybridized carbons (Fsp3) is 0.545. The smallest absolute Gasteiger partial charge is 0.161 e. The Kier molecular flexibility index (Phi) is 3.86. The van der Waals surface area contributed by atoms with Crippen LogP contribution in [0.1, 0.15) is 12.0 Å². The molecule has 0 aromatic carbocycles. The largest absolute Gasteiger partial charge is 0.389 e. The molecule has 1 aromatic rings. The lowest BCUT2D eigenvalue weighted by Crippen LogP contribution is -2.31. The van der Waals surface area contributed by atoms with Crippen LogP contribution in [0, 0.1) is 0 Å². The van der Waals surface area contributed by atoms with Gasteiger partial charge in [-0.2, -0.15) is 5.10 Å². The highest BCUT2D eigenvalue weighted by Crippen LogP contribution is 2.17. The minimum Gasteiger partial charge on any atom is -0.389 e. The van der Waals surface area contributed by atoms with Crippen molar-refractivity contribution in [1.29, 1.82) is 0 Å². The number of aromatic nitrogens is 2. The fourth-order valence-electron chi connectivity index (χ4n) is 2.01. The minimum atomic E-state index is 0.382. The second kappa shape index (κ2) is 5.37. The molecule has 6 heteroatoms. The van der Waals surface area contributed by atoms with Gasteiger partial charge in [0.1, 0.15) is 4.99 Å². The third-order valence-electron chi connectivity index (χ3n) is 2.99. The molecule has 2 N–H and O–H groups in total. The number of nitrogens with two attached hydrogens (primary N) is 1. The standard InChI is InChI=1S/C11H17N5S/c1-15-5-2-6-16(8-7-15)11-9(10(12)17)3-4-13-14-11/h3-4H,2,5-8H2,1H3,(H2,12,17). The van der Waals surface area contributed by atoms with Crippen molar-refractivity contribution >= 4 is 23.0 Å². The van der Waals surface area contributed by atoms with E-state index in [2.05, 4.69) is 27.0 Å². The Morgan fingerprint density at radius 3 is 2.94 bits per heavy atom. The van der Waals surface area contributed by atoms with E-state index in [1.807, 2.05) is 6.07 Å². The predicted octanol–water partition coefficient (Wildman–Crippen LogP) is 0.253. The molecule has 1 aromatic heterocycles. The topological polar surface area (TPSA) is 58.3 Å². The highest BCUT2D eigenvalue weighted by Gasteiger charge is 2.17. The van der Waals surface area contributed by atoms with Crippen LogP contribution in [0.5, 0.6) is 0 Å². The molecule has 0 unspecified atom stereocenters. The summed E-state index contributed by atoms with van der Waals surface area (Å²) >= 11 is 5.05. The molecule has 2 rings (SSSR count). The Balaban J connectivity index is 2.24. The molecule has 0 aliphatic carbocycles. The first-order valence-electron chi connectivity index (χ1n) is 5.73. The van der Waals surface area contributed by atoms with Crippen molar-refractivity contribution in [3.8, 4) is 0 Å². The molecule has 1 aliphatic heterocycles. The summed E-state index contributed by atoms with van der Waals surface area (Å²) in [6.45, 7) is 4.04. The molecule has 92 valence electrons. The van der Waals surface area contributed by atoms with Gasteiger partial charge in [0.05, 0.1) is 11.8 Å². The molecule has 0 spiro atoms. The molecule has 1 aliphatic rings. The summed E-state index contributed by atoms with van der Waals surface area (Å²) in [6.07, 6.45) is 2.74. The quantitative estimate of drug-likeness (QED) is 0.761. The van der Waals surface area contributed by atoms with Gasteiger partial charge in [0.25, 0.3) is 0 Å². The maximum atomic E-state index is 5.71. The van der Waals surface area contributed by atoms with Crippen LogP contribution in [-0.2, 0) is 0 Å². The molecule has 5 nitrogen and oxygen atoms in total. The minimum absolute atomic E-state index is 0.382. The van der Waals surface area contributed by atoms with E-state index in [0.717, 1.165) is 44.0 Å². The lowest BCUT2D eigenvalue weighted by atomic mass is 10.2. The Labute approximate surface area is 107 Å². The SMILES string of the molecule is CN1CCCN(c2nnccc2C(N)=S)CC1. The molecule has 17 heavy (non-hydrogen) atoms. The maximum absolute atomic E-state index is 5.71. The fourth-order valence-corrected chi connectivity index (χ4v) is 2.17. The van der Waals surface area contributed by atoms with E-state index >= 15 is 0 Å². The van der Waals surface area contributed by atoms with Gasteiger partial charge in [-0.1, -0.05) is 12.2 Å². The first kappa shape index (κ1) is 12.2. The number of hydrogen-bond acceptors (Lipinski definition) is 5. The Bertz CT molecular complexity index is 409. The molecular formula is C11H17N5S. The van der Waals surface area contributed by atoms with Gasteiger partial charge in [0.2, 0.25) is 0 Å². The second-order valence-corrected chi connectivity index (χ2v) is 4.72. The van der Waals surface area contributed by atoms with Crippen LogP contribution in [-0.4, -0.2) is 53.3 Å². The molecule has 1 saturated heterocycles. The van der Waals surface area contributed by atoms with Gasteiger partial charge >= 0.3 is 0 Å². The number of anilines is 1. The average molecular weight is 251 g/mol. The van der Waals surface area contributed by atoms with Gasteiger partial charge in [-0.25, -0.2) is 0 Å². The number of thiocarbonyl (C=S) groups is 1. The Morgan fingerprint density at radius 2 is 2.18 bits per heavy atom. The zero-order valence-corrected chi connectivity index (χ0v) is 10.8. The van der Waals surface area contributed by atoms with Crippen LogP contribution in [0.15, 0.2) is 12.3 Å². The van der Waals surface area contributed by atoms with Gasteiger partial charge in [0.15, 0.2) is 5.82 Å². The third-order valence-corrected chi connectivity index (χ3v) is 3.21. The Morgan fingerprint density at radius 1 is 1.35 bits per heavy atom. The van der Waals surface area contributed by atoms with Gasteiger partial charge < -0.3 is 15.5 Å². The average Bonchev–Trinajstić information content (AvgIpc) is 2.54. The van der Waals surface area contributed by atoms with E-state index in [1.54, 1.807) is 6.20 Å². The lowest BCUT2D eigenvalue weighted by Gasteiger charge is -2.22. The zero-order valence-electron chi connectivity index (χ0n) is 9.96. The van der Waals surface area contributed by atoms with Crippen LogP contribution < -0.4 is 10.6 Å². The van der Waals surface area contributed by atoms with E-state index in [-0.39, 0.29) is 0 Å². The summed E-state index contributed by atoms with van der Waals surface area (Å²) in [5, 5.41) is 8.11. The van der Waals surface area contributed by atoms with Gasteiger partial charge in [-0.15, -0.1) is 5.10 Å². The summed E-state index contributed by atoms with van der Waals surface area (Å²) in [5.41, 5.74) is 6.53. The summed E-state index contributed by atoms with van der Waals surface area (Å²) in [5.74, 6) is 0.815. The van der Waals surface area contributed by atoms with E-state index in [0.29, 0.717) is 4.99 Å². The molecule has 2 heterocycles. The summed E-state index contributed by atoms with van der Waals surface area (Å²) in [7, 11) is 2.13. The number of nitrogens with zero attached hydrogens (tertiary/aromatic N) is 4. The first-order chi connectivity index (χ1) is 8.18. The third kappa shape index (κ3) is 2.89. The molecule has 0 saturated carbocycles. The molecule has 0 atom stereocenters. The second-order valence-electron chi connectivity index (χ2n) is 4.28. The molecule has 0 amide bonds. The highest BCUT2D eigenvalue weighted by atomic mass is 32.1. The van der Waals surface area contributed by atoms with Gasteiger partial charge in [0, 0.05) is 19.6 Å². The molecule has 0 radical (unpaired) electrons. The Hall–Kier alpha value is -1.27. The van der Waals surface area contributed by atoms with Crippen LogP contribution in [0.25, 0.3) is 0 Å². The molecular weight excluding hydrogens is 234 g/mol. The van der Waals surface area contributed by atoms with Crippen molar-refractivity contribution in [1.82, 2.24) is 15.1 Å². The van der Waals surface area contributed by atoms with Crippen molar-refractivity contribution in [2.24, 2.45) is 5.73 Å². The normalized spacial score (nSPS) is 17.8. The van der Waals surface area contributed by atoms with Crippen LogP contribution >= 0.6 is 12.2 Å². The molecule has 0 bridgehead atoms. The monoisotopic (exact) mass is 251 g/mol. The number of likely N-dealkylation sites (N-methyl/N-ethyl adjacent to an activating group) is 1. The first-order valence-corrected chi connectivity index (χ1v) is 6.14. The van der Waals surface area contributed by atoms with Crippen molar-refractivity contribution in [2.45, 2.75) is 6.42 Å². The molecule has 1 fully saturated rings. The van der Waals surface area contributed by atoms with Crippen molar-refractivity contribution in [3.63, 3.8) is 0 Å². The van der Waals surface area contributed by atoms with Gasteiger partial charge in [-0.3, -0.25) is 0 Å². The van der Waals surface area contributed by atoms with E-state index in [4.69, 9.17) is 18.0 Å². The lowest BCUT2D eigenvalue weighted by molar-refractivity contribution is 0.360. The number of hydrogen-bond donors (Lipinski definition) is 1. The summed E-state index contributed by atoms with van der Waals surface area (Å²) in [4.78, 5) is 4.91. The maximum Gasteiger partial charge on any atom is 0.161 e. The van der Waals surface area contributed by atoms with Crippen molar-refractivity contribution in [3.05, 3.63) is 17.8 Å². The van der Waals surface area contributed by atoms with Crippen LogP contribution in [0.4, 0.5) is 5.82 Å². The van der Waals surface area contributed by atoms with Crippen molar-refractivity contribution in [2.75, 3.05) is 38.1 Å². The summed E-state index contributed by atoms with van der Waals surface area (Å²) in [6, 6.07) is 1.83. The van der Waals surface area contributed by atoms with Crippen molar-refractivity contribution < 1.29 is 0 Å². The van der Waals surface area contributed by atoms with Crippen LogP contribution in [0.3, 0.4) is 0 Å². The number of rotatable bonds is 2. The van der Waals surface area contributed by atoms with E-state index in [9.17, 15) is 0 Å².